The Morgan fingerprint density at radius 1 is 0.706 bits per heavy atom. The lowest BCUT2D eigenvalue weighted by atomic mass is 10.1. The van der Waals surface area contributed by atoms with Crippen molar-refractivity contribution in [2.75, 3.05) is 6.61 Å². The maximum Gasteiger partial charge on any atom is 0.343 e. The second kappa shape index (κ2) is 13.9. The Bertz CT molecular complexity index is 1050. The van der Waals surface area contributed by atoms with Crippen molar-refractivity contribution >= 4 is 11.7 Å². The Hall–Kier alpha value is -3.58. The Morgan fingerprint density at radius 3 is 1.82 bits per heavy atom. The summed E-state index contributed by atoms with van der Waals surface area (Å²) >= 11 is 0. The first kappa shape index (κ1) is 25.1. The number of benzene rings is 3. The van der Waals surface area contributed by atoms with Crippen LogP contribution in [0.1, 0.15) is 68.6 Å². The first-order chi connectivity index (χ1) is 16.7. The van der Waals surface area contributed by atoms with Gasteiger partial charge in [-0.05, 0) is 53.9 Å². The maximum atomic E-state index is 12.5. The summed E-state index contributed by atoms with van der Waals surface area (Å²) < 4.78 is 11.3. The highest BCUT2D eigenvalue weighted by molar-refractivity contribution is 5.91. The fourth-order valence-corrected chi connectivity index (χ4v) is 3.72. The topological polar surface area (TPSA) is 39.9 Å². The molecule has 0 saturated heterocycles. The fourth-order valence-electron chi connectivity index (χ4n) is 3.72. The summed E-state index contributed by atoms with van der Waals surface area (Å²) in [5.74, 6) is 0.860. The summed E-state index contributed by atoms with van der Waals surface area (Å²) in [5, 5.41) is 0. The molecule has 0 radical (unpaired) electrons. The lowest BCUT2D eigenvalue weighted by molar-refractivity contribution is 0.0734. The van der Waals surface area contributed by atoms with Crippen molar-refractivity contribution in [1.29, 1.82) is 0 Å². The molecule has 0 heterocycles. The molecule has 3 aromatic rings. The van der Waals surface area contributed by atoms with Gasteiger partial charge in [0.25, 0.3) is 0 Å². The van der Waals surface area contributed by atoms with E-state index < -0.39 is 5.97 Å². The zero-order valence-corrected chi connectivity index (χ0v) is 20.0. The molecule has 3 rings (SSSR count). The minimum absolute atomic E-state index is 0.399. The highest BCUT2D eigenvalue weighted by Gasteiger charge is 2.09. The molecule has 0 N–H and O–H groups in total. The third-order valence-corrected chi connectivity index (χ3v) is 5.75. The second-order valence-electron chi connectivity index (χ2n) is 8.42. The third-order valence-electron chi connectivity index (χ3n) is 5.75. The highest BCUT2D eigenvalue weighted by atomic mass is 16.5. The van der Waals surface area contributed by atoms with Crippen LogP contribution in [-0.4, -0.2) is 12.6 Å². The normalized spacial score (nSPS) is 10.5. The zero-order chi connectivity index (χ0) is 24.0. The number of nitrogens with zero attached hydrogens (tertiary/aromatic N) is 1. The minimum atomic E-state index is -0.399. The molecule has 0 fully saturated rings. The number of esters is 1. The fraction of sp³-hybridized carbons (Fsp3) is 0.333. The summed E-state index contributed by atoms with van der Waals surface area (Å²) in [4.78, 5) is 15.9. The molecule has 0 bridgehead atoms. The standard InChI is InChI=1S/C30H33NO3/c1-3-4-5-6-7-8-9-10-23-33-28-19-15-26(16-20-28)30(32)34-29-21-13-25(14-22-29)24-11-17-27(31-2)18-12-24/h11-22H,3-10,23H2,1H3. The summed E-state index contributed by atoms with van der Waals surface area (Å²) in [6.45, 7) is 9.98. The van der Waals surface area contributed by atoms with Gasteiger partial charge in [0, 0.05) is 0 Å². The molecular weight excluding hydrogens is 422 g/mol. The van der Waals surface area contributed by atoms with Gasteiger partial charge in [0.15, 0.2) is 5.69 Å². The van der Waals surface area contributed by atoms with Crippen LogP contribution in [0.25, 0.3) is 16.0 Å². The van der Waals surface area contributed by atoms with Crippen LogP contribution in [0.5, 0.6) is 11.5 Å². The van der Waals surface area contributed by atoms with Crippen LogP contribution in [0.15, 0.2) is 72.8 Å². The average Bonchev–Trinajstić information content (AvgIpc) is 2.88. The van der Waals surface area contributed by atoms with Gasteiger partial charge in [-0.1, -0.05) is 88.3 Å². The number of rotatable bonds is 13. The summed E-state index contributed by atoms with van der Waals surface area (Å²) in [6, 6.07) is 21.9. The van der Waals surface area contributed by atoms with E-state index in [-0.39, 0.29) is 0 Å². The van der Waals surface area contributed by atoms with Crippen molar-refractivity contribution in [2.45, 2.75) is 58.3 Å². The minimum Gasteiger partial charge on any atom is -0.494 e. The van der Waals surface area contributed by atoms with Crippen LogP contribution >= 0.6 is 0 Å². The van der Waals surface area contributed by atoms with E-state index in [1.54, 1.807) is 36.4 Å². The van der Waals surface area contributed by atoms with Gasteiger partial charge in [-0.15, -0.1) is 0 Å². The largest absolute Gasteiger partial charge is 0.494 e. The van der Waals surface area contributed by atoms with Crippen molar-refractivity contribution in [2.24, 2.45) is 0 Å². The Morgan fingerprint density at radius 2 is 1.24 bits per heavy atom. The van der Waals surface area contributed by atoms with Crippen molar-refractivity contribution in [3.63, 3.8) is 0 Å². The molecule has 0 aliphatic heterocycles. The van der Waals surface area contributed by atoms with Crippen LogP contribution in [-0.2, 0) is 0 Å². The van der Waals surface area contributed by atoms with Crippen LogP contribution in [0, 0.1) is 6.57 Å². The van der Waals surface area contributed by atoms with Gasteiger partial charge in [-0.25, -0.2) is 9.64 Å². The van der Waals surface area contributed by atoms with E-state index in [0.29, 0.717) is 23.6 Å². The summed E-state index contributed by atoms with van der Waals surface area (Å²) in [6.07, 6.45) is 10.2. The van der Waals surface area contributed by atoms with Crippen LogP contribution in [0.4, 0.5) is 5.69 Å². The van der Waals surface area contributed by atoms with E-state index in [0.717, 1.165) is 23.3 Å². The smallest absolute Gasteiger partial charge is 0.343 e. The van der Waals surface area contributed by atoms with Gasteiger partial charge in [0.05, 0.1) is 18.7 Å². The molecule has 4 heteroatoms. The quantitative estimate of drug-likeness (QED) is 0.112. The lowest BCUT2D eigenvalue weighted by Crippen LogP contribution is -2.08. The average molecular weight is 456 g/mol. The lowest BCUT2D eigenvalue weighted by Gasteiger charge is -2.08. The predicted octanol–water partition coefficient (Wildman–Crippen LogP) is 8.64. The van der Waals surface area contributed by atoms with E-state index in [4.69, 9.17) is 16.0 Å². The molecule has 0 unspecified atom stereocenters. The molecule has 34 heavy (non-hydrogen) atoms. The monoisotopic (exact) mass is 455 g/mol. The van der Waals surface area contributed by atoms with Gasteiger partial charge < -0.3 is 9.47 Å². The van der Waals surface area contributed by atoms with Gasteiger partial charge in [-0.3, -0.25) is 0 Å². The molecule has 0 amide bonds. The first-order valence-corrected chi connectivity index (χ1v) is 12.2. The predicted molar refractivity (Wildman–Crippen MR) is 138 cm³/mol. The van der Waals surface area contributed by atoms with Gasteiger partial charge in [0.2, 0.25) is 0 Å². The van der Waals surface area contributed by atoms with Gasteiger partial charge in [-0.2, -0.15) is 0 Å². The van der Waals surface area contributed by atoms with E-state index in [1.165, 1.54) is 44.9 Å². The second-order valence-corrected chi connectivity index (χ2v) is 8.42. The van der Waals surface area contributed by atoms with E-state index >= 15 is 0 Å². The summed E-state index contributed by atoms with van der Waals surface area (Å²) in [7, 11) is 0. The molecule has 0 aliphatic rings. The molecule has 0 saturated carbocycles. The van der Waals surface area contributed by atoms with E-state index in [9.17, 15) is 4.79 Å². The Kier molecular flexibility index (Phi) is 10.2. The molecule has 0 atom stereocenters. The zero-order valence-electron chi connectivity index (χ0n) is 20.0. The molecule has 3 aromatic carbocycles. The Labute approximate surface area is 203 Å². The number of hydrogen-bond acceptors (Lipinski definition) is 3. The number of ether oxygens (including phenoxy) is 2. The molecule has 176 valence electrons. The number of hydrogen-bond donors (Lipinski definition) is 0. The summed E-state index contributed by atoms with van der Waals surface area (Å²) in [5.41, 5.74) is 3.10. The van der Waals surface area contributed by atoms with Crippen molar-refractivity contribution in [3.05, 3.63) is 89.8 Å². The van der Waals surface area contributed by atoms with Gasteiger partial charge in [0.1, 0.15) is 11.5 Å². The van der Waals surface area contributed by atoms with Crippen molar-refractivity contribution in [3.8, 4) is 22.6 Å². The van der Waals surface area contributed by atoms with Crippen LogP contribution < -0.4 is 9.47 Å². The molecule has 0 aromatic heterocycles. The Balaban J connectivity index is 1.40. The number of carbonyl (C=O) groups is 1. The van der Waals surface area contributed by atoms with Crippen molar-refractivity contribution in [1.82, 2.24) is 0 Å². The first-order valence-electron chi connectivity index (χ1n) is 12.2. The molecule has 0 spiro atoms. The highest BCUT2D eigenvalue weighted by Crippen LogP contribution is 2.25. The number of carbonyl (C=O) groups excluding carboxylic acids is 1. The van der Waals surface area contributed by atoms with Crippen molar-refractivity contribution < 1.29 is 14.3 Å². The maximum absolute atomic E-state index is 12.5. The van der Waals surface area contributed by atoms with E-state index in [2.05, 4.69) is 11.8 Å². The number of unbranched alkanes of at least 4 members (excludes halogenated alkanes) is 7. The van der Waals surface area contributed by atoms with E-state index in [1.807, 2.05) is 36.4 Å². The molecule has 4 nitrogen and oxygen atoms in total. The molecular formula is C30H33NO3. The third kappa shape index (κ3) is 8.08. The SMILES string of the molecule is [C-]#[N+]c1ccc(-c2ccc(OC(=O)c3ccc(OCCCCCCCCCC)cc3)cc2)cc1. The van der Waals surface area contributed by atoms with Crippen LogP contribution in [0.2, 0.25) is 0 Å². The van der Waals surface area contributed by atoms with Gasteiger partial charge >= 0.3 is 5.97 Å². The molecule has 0 aliphatic carbocycles. The van der Waals surface area contributed by atoms with Crippen LogP contribution in [0.3, 0.4) is 0 Å².